The van der Waals surface area contributed by atoms with Gasteiger partial charge in [-0.15, -0.1) is 0 Å². The van der Waals surface area contributed by atoms with Crippen molar-refractivity contribution in [3.63, 3.8) is 0 Å². The number of carbonyl (C=O) groups excluding carboxylic acids is 2. The molecule has 0 radical (unpaired) electrons. The number of hydrogen-bond acceptors (Lipinski definition) is 2. The number of rotatable bonds is 0. The second-order valence-corrected chi connectivity index (χ2v) is 11.9. The molecule has 4 nitrogen and oxygen atoms in total. The first-order valence-corrected chi connectivity index (χ1v) is 10.5. The molecule has 0 unspecified atom stereocenters. The van der Waals surface area contributed by atoms with Crippen LogP contribution in [-0.4, -0.2) is 22.9 Å². The average Bonchev–Trinajstić information content (AvgIpc) is 3.25. The van der Waals surface area contributed by atoms with Gasteiger partial charge in [0.15, 0.2) is 0 Å². The van der Waals surface area contributed by atoms with Crippen LogP contribution in [0.5, 0.6) is 0 Å². The highest BCUT2D eigenvalue weighted by molar-refractivity contribution is 5.88. The summed E-state index contributed by atoms with van der Waals surface area (Å²) in [7, 11) is 0. The maximum atomic E-state index is 11.3. The monoisotopic (exact) mass is 358 g/mol. The van der Waals surface area contributed by atoms with Crippen LogP contribution in [0.4, 0.5) is 0 Å². The van der Waals surface area contributed by atoms with E-state index in [0.29, 0.717) is 34.5 Å². The van der Waals surface area contributed by atoms with Crippen molar-refractivity contribution in [3.05, 3.63) is 0 Å². The minimum absolute atomic E-state index is 0.159. The van der Waals surface area contributed by atoms with Crippen LogP contribution in [0.15, 0.2) is 0 Å². The van der Waals surface area contributed by atoms with Crippen LogP contribution in [0, 0.1) is 46.3 Å². The fraction of sp³-hybridized carbons (Fsp3) is 0.909. The van der Waals surface area contributed by atoms with Gasteiger partial charge in [-0.1, -0.05) is 27.7 Å². The van der Waals surface area contributed by atoms with E-state index in [-0.39, 0.29) is 11.1 Å². The summed E-state index contributed by atoms with van der Waals surface area (Å²) in [5, 5.41) is 6.15. The van der Waals surface area contributed by atoms with Gasteiger partial charge >= 0.3 is 0 Å². The number of fused-ring (bicyclic) bond motifs is 4. The highest BCUT2D eigenvalue weighted by Gasteiger charge is 2.69. The molecule has 0 aromatic carbocycles. The zero-order valence-corrected chi connectivity index (χ0v) is 17.1. The third-order valence-corrected chi connectivity index (χ3v) is 9.83. The zero-order chi connectivity index (χ0) is 18.9. The molecule has 2 heterocycles. The molecule has 6 fully saturated rings. The normalized spacial score (nSPS) is 55.6. The Morgan fingerprint density at radius 3 is 1.31 bits per heavy atom. The molecular formula is C22H34N2O2. The van der Waals surface area contributed by atoms with Crippen LogP contribution in [0.25, 0.3) is 0 Å². The third kappa shape index (κ3) is 1.97. The molecule has 2 amide bonds. The van der Waals surface area contributed by atoms with E-state index in [2.05, 4.69) is 52.2 Å². The van der Waals surface area contributed by atoms with Crippen molar-refractivity contribution < 1.29 is 9.59 Å². The van der Waals surface area contributed by atoms with E-state index in [1.807, 2.05) is 0 Å². The summed E-state index contributed by atoms with van der Waals surface area (Å²) in [6, 6.07) is 0. The second kappa shape index (κ2) is 4.50. The molecule has 8 atom stereocenters. The number of hydrogen-bond donors (Lipinski definition) is 2. The van der Waals surface area contributed by atoms with Gasteiger partial charge in [0, 0.05) is 11.1 Å². The predicted molar refractivity (Wildman–Crippen MR) is 100 cm³/mol. The van der Waals surface area contributed by atoms with Crippen LogP contribution in [0.3, 0.4) is 0 Å². The lowest BCUT2D eigenvalue weighted by atomic mass is 9.68. The number of amides is 2. The van der Waals surface area contributed by atoms with E-state index in [1.165, 1.54) is 12.8 Å². The lowest BCUT2D eigenvalue weighted by Gasteiger charge is -2.49. The van der Waals surface area contributed by atoms with Crippen LogP contribution in [-0.2, 0) is 9.59 Å². The summed E-state index contributed by atoms with van der Waals surface area (Å²) in [6.45, 7) is 13.8. The van der Waals surface area contributed by atoms with E-state index in [0.717, 1.165) is 36.5 Å². The molecule has 4 saturated carbocycles. The Kier molecular flexibility index (Phi) is 2.95. The van der Waals surface area contributed by atoms with Crippen molar-refractivity contribution in [1.29, 1.82) is 0 Å². The summed E-state index contributed by atoms with van der Waals surface area (Å²) in [4.78, 5) is 22.7. The molecule has 0 aromatic heterocycles. The van der Waals surface area contributed by atoms with E-state index in [9.17, 15) is 9.59 Å². The second-order valence-electron chi connectivity index (χ2n) is 11.9. The lowest BCUT2D eigenvalue weighted by Crippen LogP contribution is -2.68. The molecule has 144 valence electrons. The van der Waals surface area contributed by atoms with Crippen LogP contribution < -0.4 is 10.6 Å². The van der Waals surface area contributed by atoms with Gasteiger partial charge in [-0.05, 0) is 74.0 Å². The minimum Gasteiger partial charge on any atom is -0.350 e. The Labute approximate surface area is 157 Å². The maximum absolute atomic E-state index is 11.3. The number of β-lactam (4-membered cyclic amide) rings is 2. The molecule has 6 aliphatic rings. The van der Waals surface area contributed by atoms with Gasteiger partial charge in [0.1, 0.15) is 0 Å². The molecule has 6 rings (SSSR count). The number of carbonyl (C=O) groups is 2. The van der Waals surface area contributed by atoms with E-state index in [1.54, 1.807) is 0 Å². The van der Waals surface area contributed by atoms with E-state index >= 15 is 0 Å². The quantitative estimate of drug-likeness (QED) is 0.654. The van der Waals surface area contributed by atoms with Crippen molar-refractivity contribution in [3.8, 4) is 0 Å². The maximum Gasteiger partial charge on any atom is 0.225 e. The van der Waals surface area contributed by atoms with Crippen LogP contribution in [0.1, 0.15) is 67.2 Å². The van der Waals surface area contributed by atoms with Gasteiger partial charge in [-0.2, -0.15) is 0 Å². The Hall–Kier alpha value is -1.06. The highest BCUT2D eigenvalue weighted by Crippen LogP contribution is 2.69. The SMILES string of the molecule is CC1(C)[C@@H]2C[C@@]3(C)NC(=O)[C@H]3C[C@@H]21.CC1(C)[C@@H]2C[C@H]3C(=O)N[C@@]3(C)C[C@@H]21. The largest absolute Gasteiger partial charge is 0.350 e. The Bertz CT molecular complexity index is 653. The summed E-state index contributed by atoms with van der Waals surface area (Å²) >= 11 is 0. The van der Waals surface area contributed by atoms with Gasteiger partial charge < -0.3 is 10.6 Å². The summed E-state index contributed by atoms with van der Waals surface area (Å²) in [5.74, 6) is 4.65. The zero-order valence-electron chi connectivity index (χ0n) is 17.1. The van der Waals surface area contributed by atoms with Crippen molar-refractivity contribution >= 4 is 11.8 Å². The Morgan fingerprint density at radius 2 is 1.00 bits per heavy atom. The van der Waals surface area contributed by atoms with Crippen molar-refractivity contribution in [2.24, 2.45) is 46.3 Å². The Balaban J connectivity index is 0.000000115. The molecule has 2 saturated heterocycles. The minimum atomic E-state index is 0.159. The van der Waals surface area contributed by atoms with Crippen molar-refractivity contribution in [1.82, 2.24) is 10.6 Å². The summed E-state index contributed by atoms with van der Waals surface area (Å²) in [5.41, 5.74) is 1.35. The third-order valence-electron chi connectivity index (χ3n) is 9.83. The van der Waals surface area contributed by atoms with Gasteiger partial charge in [0.2, 0.25) is 11.8 Å². The molecule has 0 aromatic rings. The molecule has 2 N–H and O–H groups in total. The fourth-order valence-corrected chi connectivity index (χ4v) is 7.34. The Morgan fingerprint density at radius 1 is 0.654 bits per heavy atom. The topological polar surface area (TPSA) is 58.2 Å². The highest BCUT2D eigenvalue weighted by atomic mass is 16.2. The van der Waals surface area contributed by atoms with Gasteiger partial charge in [0.05, 0.1) is 11.8 Å². The summed E-state index contributed by atoms with van der Waals surface area (Å²) in [6.07, 6.45) is 4.70. The molecule has 4 aliphatic carbocycles. The fourth-order valence-electron chi connectivity index (χ4n) is 7.34. The molecule has 2 aliphatic heterocycles. The van der Waals surface area contributed by atoms with Gasteiger partial charge in [-0.25, -0.2) is 0 Å². The molecule has 0 spiro atoms. The van der Waals surface area contributed by atoms with E-state index in [4.69, 9.17) is 0 Å². The standard InChI is InChI=1S/2C11H17NO/c2*1-10(2)6-4-7-9(13)12-11(7,3)5-8(6)10/h2*6-8H,4-5H2,1-3H3,(H,12,13)/t2*6-,7+,8+,11+/m10/s1. The molecule has 26 heavy (non-hydrogen) atoms. The van der Waals surface area contributed by atoms with Gasteiger partial charge in [0.25, 0.3) is 0 Å². The van der Waals surface area contributed by atoms with Crippen LogP contribution in [0.2, 0.25) is 0 Å². The van der Waals surface area contributed by atoms with Crippen molar-refractivity contribution in [2.75, 3.05) is 0 Å². The van der Waals surface area contributed by atoms with E-state index < -0.39 is 0 Å². The van der Waals surface area contributed by atoms with Crippen molar-refractivity contribution in [2.45, 2.75) is 78.3 Å². The molecule has 0 bridgehead atoms. The average molecular weight is 359 g/mol. The lowest BCUT2D eigenvalue weighted by molar-refractivity contribution is -0.144. The first-order valence-electron chi connectivity index (χ1n) is 10.5. The smallest absolute Gasteiger partial charge is 0.225 e. The van der Waals surface area contributed by atoms with Crippen LogP contribution >= 0.6 is 0 Å². The summed E-state index contributed by atoms with van der Waals surface area (Å²) < 4.78 is 0. The molecular weight excluding hydrogens is 324 g/mol. The first kappa shape index (κ1) is 17.1. The van der Waals surface area contributed by atoms with Gasteiger partial charge in [-0.3, -0.25) is 9.59 Å². The molecule has 4 heteroatoms. The number of nitrogens with one attached hydrogen (secondary N) is 2. The first-order chi connectivity index (χ1) is 11.9. The predicted octanol–water partition coefficient (Wildman–Crippen LogP) is 3.11.